The summed E-state index contributed by atoms with van der Waals surface area (Å²) in [6, 6.07) is 26.6. The number of hydrogen-bond donors (Lipinski definition) is 1. The lowest BCUT2D eigenvalue weighted by Gasteiger charge is -2.61. The Balaban J connectivity index is 1.29. The Kier molecular flexibility index (Phi) is 9.14. The maximum Gasteiger partial charge on any atom is 0.275 e. The van der Waals surface area contributed by atoms with Crippen molar-refractivity contribution in [1.29, 1.82) is 0 Å². The van der Waals surface area contributed by atoms with E-state index >= 15 is 0 Å². The topological polar surface area (TPSA) is 107 Å². The van der Waals surface area contributed by atoms with Crippen LogP contribution in [0.15, 0.2) is 89.7 Å². The third kappa shape index (κ3) is 5.55. The molecular weight excluding hydrogens is 554 g/mol. The van der Waals surface area contributed by atoms with E-state index in [0.29, 0.717) is 37.7 Å². The Labute approximate surface area is 257 Å². The Morgan fingerprint density at radius 3 is 2.09 bits per heavy atom. The number of H-pyrrole nitrogens is 1. The van der Waals surface area contributed by atoms with Crippen molar-refractivity contribution in [3.63, 3.8) is 0 Å². The molecule has 2 heterocycles. The van der Waals surface area contributed by atoms with Gasteiger partial charge in [0.2, 0.25) is 0 Å². The van der Waals surface area contributed by atoms with E-state index in [1.54, 1.807) is 0 Å². The lowest BCUT2D eigenvalue weighted by Crippen LogP contribution is -2.64. The molecule has 1 saturated carbocycles. The summed E-state index contributed by atoms with van der Waals surface area (Å²) >= 11 is 0. The molecule has 6 rings (SSSR count). The number of aromatic amines is 1. The number of nitrogens with one attached hydrogen (secondary N) is 1. The van der Waals surface area contributed by atoms with Crippen LogP contribution in [-0.4, -0.2) is 53.0 Å². The molecule has 0 radical (unpaired) electrons. The van der Waals surface area contributed by atoms with E-state index in [-0.39, 0.29) is 11.1 Å². The van der Waals surface area contributed by atoms with E-state index in [0.717, 1.165) is 47.2 Å². The number of hydrogen-bond acceptors (Lipinski definition) is 5. The van der Waals surface area contributed by atoms with Gasteiger partial charge >= 0.3 is 0 Å². The van der Waals surface area contributed by atoms with Crippen molar-refractivity contribution in [2.75, 3.05) is 26.4 Å². The van der Waals surface area contributed by atoms with Gasteiger partial charge in [0.15, 0.2) is 0 Å². The molecule has 3 aromatic carbocycles. The summed E-state index contributed by atoms with van der Waals surface area (Å²) in [5.41, 5.74) is 4.53. The van der Waals surface area contributed by atoms with E-state index in [1.807, 2.05) is 91.9 Å². The molecule has 8 heteroatoms. The molecule has 1 N–H and O–H groups in total. The molecule has 0 amide bonds. The first-order valence-electron chi connectivity index (χ1n) is 15.5. The first-order valence-corrected chi connectivity index (χ1v) is 15.5. The van der Waals surface area contributed by atoms with Gasteiger partial charge in [-0.05, 0) is 54.5 Å². The fourth-order valence-corrected chi connectivity index (χ4v) is 6.57. The highest BCUT2D eigenvalue weighted by molar-refractivity contribution is 5.86. The van der Waals surface area contributed by atoms with E-state index in [1.165, 1.54) is 4.68 Å². The van der Waals surface area contributed by atoms with Gasteiger partial charge in [-0.15, -0.1) is 12.2 Å². The number of unbranched alkanes of at least 4 members (excludes halogenated alkanes) is 1. The minimum absolute atomic E-state index is 0.271. The summed E-state index contributed by atoms with van der Waals surface area (Å²) in [7, 11) is 0. The van der Waals surface area contributed by atoms with Crippen molar-refractivity contribution >= 4 is 10.9 Å². The van der Waals surface area contributed by atoms with Gasteiger partial charge in [0.25, 0.3) is 5.56 Å². The van der Waals surface area contributed by atoms with Crippen molar-refractivity contribution in [2.24, 2.45) is 0 Å². The summed E-state index contributed by atoms with van der Waals surface area (Å²) in [5, 5.41) is 32.4. The normalized spacial score (nSPS) is 19.8. The van der Waals surface area contributed by atoms with Crippen molar-refractivity contribution < 1.29 is 19.7 Å². The van der Waals surface area contributed by atoms with Crippen LogP contribution in [0, 0.1) is 6.92 Å². The van der Waals surface area contributed by atoms with Gasteiger partial charge in [-0.1, -0.05) is 80.1 Å². The Morgan fingerprint density at radius 2 is 1.39 bits per heavy atom. The first-order chi connectivity index (χ1) is 21.5. The van der Waals surface area contributed by atoms with Gasteiger partial charge in [0, 0.05) is 35.3 Å². The van der Waals surface area contributed by atoms with Crippen LogP contribution in [0.1, 0.15) is 48.4 Å². The van der Waals surface area contributed by atoms with Crippen LogP contribution in [-0.2, 0) is 16.0 Å². The number of rotatable bonds is 13. The summed E-state index contributed by atoms with van der Waals surface area (Å²) in [4.78, 5) is 13.9. The van der Waals surface area contributed by atoms with Crippen molar-refractivity contribution in [3.05, 3.63) is 112 Å². The molecule has 0 bridgehead atoms. The Hall–Kier alpha value is -3.95. The van der Waals surface area contributed by atoms with E-state index in [2.05, 4.69) is 16.6 Å². The lowest BCUT2D eigenvalue weighted by molar-refractivity contribution is -0.536. The maximum absolute atomic E-state index is 14.1. The van der Waals surface area contributed by atoms with Crippen LogP contribution in [0.25, 0.3) is 27.8 Å². The molecule has 1 fully saturated rings. The minimum Gasteiger partial charge on any atom is -0.851 e. The second-order valence-corrected chi connectivity index (χ2v) is 11.5. The molecule has 0 spiro atoms. The molecule has 2 unspecified atom stereocenters. The SMILES string of the molecule is CCCCOCCOCCn1c(C)c(C2C([O-])C(c3c(-c4ccccc4)[nH]n(-c4ccccc4)c3=O)C2[O-])c2ccccc21. The summed E-state index contributed by atoms with van der Waals surface area (Å²) in [5.74, 6) is -1.73. The third-order valence-electron chi connectivity index (χ3n) is 8.84. The molecule has 0 aliphatic heterocycles. The first kappa shape index (κ1) is 30.1. The zero-order valence-corrected chi connectivity index (χ0v) is 25.3. The fraction of sp³-hybridized carbons (Fsp3) is 0.361. The molecule has 1 aliphatic carbocycles. The van der Waals surface area contributed by atoms with Gasteiger partial charge < -0.3 is 24.3 Å². The quantitative estimate of drug-likeness (QED) is 0.205. The van der Waals surface area contributed by atoms with Crippen molar-refractivity contribution in [2.45, 2.75) is 57.3 Å². The van der Waals surface area contributed by atoms with Crippen LogP contribution in [0.3, 0.4) is 0 Å². The highest BCUT2D eigenvalue weighted by Gasteiger charge is 2.43. The van der Waals surface area contributed by atoms with Crippen LogP contribution in [0.2, 0.25) is 0 Å². The van der Waals surface area contributed by atoms with Crippen molar-refractivity contribution in [3.8, 4) is 16.9 Å². The second-order valence-electron chi connectivity index (χ2n) is 11.5. The Bertz CT molecular complexity index is 1730. The fourth-order valence-electron chi connectivity index (χ4n) is 6.57. The number of benzene rings is 3. The maximum atomic E-state index is 14.1. The second kappa shape index (κ2) is 13.4. The van der Waals surface area contributed by atoms with Crippen LogP contribution < -0.4 is 15.8 Å². The smallest absolute Gasteiger partial charge is 0.275 e. The highest BCUT2D eigenvalue weighted by atomic mass is 16.5. The van der Waals surface area contributed by atoms with E-state index < -0.39 is 24.0 Å². The van der Waals surface area contributed by atoms with Gasteiger partial charge in [-0.25, -0.2) is 4.68 Å². The minimum atomic E-state index is -1.26. The average Bonchev–Trinajstić information content (AvgIpc) is 3.53. The van der Waals surface area contributed by atoms with Crippen LogP contribution in [0.5, 0.6) is 0 Å². The molecule has 2 atom stereocenters. The zero-order valence-electron chi connectivity index (χ0n) is 25.3. The lowest BCUT2D eigenvalue weighted by atomic mass is 9.62. The highest BCUT2D eigenvalue weighted by Crippen LogP contribution is 2.49. The Morgan fingerprint density at radius 1 is 0.773 bits per heavy atom. The molecule has 44 heavy (non-hydrogen) atoms. The van der Waals surface area contributed by atoms with Gasteiger partial charge in [-0.3, -0.25) is 9.89 Å². The summed E-state index contributed by atoms with van der Waals surface area (Å²) in [6.07, 6.45) is -0.379. The van der Waals surface area contributed by atoms with Gasteiger partial charge in [0.1, 0.15) is 0 Å². The predicted molar refractivity (Wildman–Crippen MR) is 168 cm³/mol. The molecule has 230 valence electrons. The molecule has 5 aromatic rings. The van der Waals surface area contributed by atoms with E-state index in [9.17, 15) is 15.0 Å². The zero-order chi connectivity index (χ0) is 30.6. The standard InChI is InChI=1S/C36H39N3O5/c1-3-4-20-43-22-23-44-21-19-38-24(2)29(27-17-11-12-18-28(27)38)31-34(40)32(35(31)41)30-33(25-13-7-5-8-14-25)37-39(36(30)42)26-15-9-6-10-16-26/h5-18,31-32,34-35,37H,3-4,19-23H2,1-2H3/q-2. The molecule has 1 aliphatic rings. The number of ether oxygens (including phenoxy) is 2. The summed E-state index contributed by atoms with van der Waals surface area (Å²) in [6.45, 7) is 7.03. The molecule has 0 saturated heterocycles. The predicted octanol–water partition coefficient (Wildman–Crippen LogP) is 4.27. The molecular formula is C36H39N3O5-2. The average molecular weight is 594 g/mol. The summed E-state index contributed by atoms with van der Waals surface area (Å²) < 4.78 is 15.0. The van der Waals surface area contributed by atoms with Crippen molar-refractivity contribution in [1.82, 2.24) is 14.3 Å². The third-order valence-corrected chi connectivity index (χ3v) is 8.84. The monoisotopic (exact) mass is 593 g/mol. The van der Waals surface area contributed by atoms with Gasteiger partial charge in [0.05, 0.1) is 31.2 Å². The van der Waals surface area contributed by atoms with E-state index in [4.69, 9.17) is 9.47 Å². The van der Waals surface area contributed by atoms with Crippen LogP contribution in [0.4, 0.5) is 0 Å². The largest absolute Gasteiger partial charge is 0.851 e. The van der Waals surface area contributed by atoms with Gasteiger partial charge in [-0.2, -0.15) is 0 Å². The number of fused-ring (bicyclic) bond motifs is 1. The number of nitrogens with zero attached hydrogens (tertiary/aromatic N) is 2. The number of aromatic nitrogens is 3. The molecule has 2 aromatic heterocycles. The van der Waals surface area contributed by atoms with Crippen LogP contribution >= 0.6 is 0 Å². The molecule has 8 nitrogen and oxygen atoms in total. The number of para-hydroxylation sites is 2.